The molecule has 0 aliphatic rings. The van der Waals surface area contributed by atoms with Crippen LogP contribution in [0.15, 0.2) is 86.0 Å². The molecule has 2 rings (SSSR count). The van der Waals surface area contributed by atoms with Crippen molar-refractivity contribution < 1.29 is 52.3 Å². The second kappa shape index (κ2) is 21.1. The zero-order chi connectivity index (χ0) is 32.0. The minimum Gasteiger partial charge on any atom is -0.460 e. The predicted molar refractivity (Wildman–Crippen MR) is 161 cm³/mol. The third-order valence-corrected chi connectivity index (χ3v) is 5.97. The molecule has 0 aliphatic carbocycles. The summed E-state index contributed by atoms with van der Waals surface area (Å²) in [5.41, 5.74) is -0.567. The van der Waals surface area contributed by atoms with Gasteiger partial charge in [0, 0.05) is 17.7 Å². The number of ketones is 1. The van der Waals surface area contributed by atoms with Crippen LogP contribution in [0, 0.1) is 0 Å². The van der Waals surface area contributed by atoms with Crippen molar-refractivity contribution in [1.29, 1.82) is 0 Å². The van der Waals surface area contributed by atoms with E-state index in [-0.39, 0.29) is 65.2 Å². The summed E-state index contributed by atoms with van der Waals surface area (Å²) in [4.78, 5) is 36.3. The van der Waals surface area contributed by atoms with Crippen molar-refractivity contribution in [2.24, 2.45) is 0 Å². The summed E-state index contributed by atoms with van der Waals surface area (Å²) < 4.78 is 44.6. The van der Waals surface area contributed by atoms with E-state index >= 15 is 0 Å². The first-order valence-corrected chi connectivity index (χ1v) is 14.2. The van der Waals surface area contributed by atoms with E-state index in [0.29, 0.717) is 11.1 Å². The summed E-state index contributed by atoms with van der Waals surface area (Å²) in [5, 5.41) is 0. The SMILES string of the molecule is C=CC(=O)OCCOCCOC(C)OCC(OC(C)OCCOCCOC(=O)C=C)(C(=O)c1ccccc1)c1ccccc1. The number of carbonyl (C=O) groups is 3. The molecular formula is C33H42O11. The zero-order valence-electron chi connectivity index (χ0n) is 25.4. The summed E-state index contributed by atoms with van der Waals surface area (Å²) in [5.74, 6) is -1.35. The number of ether oxygens (including phenoxy) is 8. The van der Waals surface area contributed by atoms with Gasteiger partial charge in [0.15, 0.2) is 18.2 Å². The van der Waals surface area contributed by atoms with Gasteiger partial charge in [0.1, 0.15) is 13.2 Å². The number of hydrogen-bond donors (Lipinski definition) is 0. The number of Topliss-reactive ketones (excluding diaryl/α,β-unsaturated/α-hetero) is 1. The van der Waals surface area contributed by atoms with Crippen LogP contribution in [0.2, 0.25) is 0 Å². The standard InChI is InChI=1S/C33H42O11/c1-5-30(34)41-23-19-37-17-21-39-26(3)43-25-33(29-15-11-8-12-16-29,32(36)28-13-9-7-10-14-28)44-27(4)40-22-18-38-20-24-42-31(35)6-2/h5-16,26-27H,1-2,17-25H2,3-4H3. The summed E-state index contributed by atoms with van der Waals surface area (Å²) in [6, 6.07) is 17.9. The molecular weight excluding hydrogens is 572 g/mol. The Kier molecular flexibility index (Phi) is 17.5. The smallest absolute Gasteiger partial charge is 0.330 e. The maximum atomic E-state index is 14.1. The van der Waals surface area contributed by atoms with Crippen LogP contribution in [0.25, 0.3) is 0 Å². The van der Waals surface area contributed by atoms with E-state index < -0.39 is 30.1 Å². The Bertz CT molecular complexity index is 1140. The van der Waals surface area contributed by atoms with Gasteiger partial charge in [-0.3, -0.25) is 4.79 Å². The fourth-order valence-corrected chi connectivity index (χ4v) is 3.84. The highest BCUT2D eigenvalue weighted by atomic mass is 16.7. The molecule has 11 nitrogen and oxygen atoms in total. The van der Waals surface area contributed by atoms with Gasteiger partial charge >= 0.3 is 11.9 Å². The van der Waals surface area contributed by atoms with Gasteiger partial charge in [0.05, 0.1) is 46.2 Å². The predicted octanol–water partition coefficient (Wildman–Crippen LogP) is 4.01. The lowest BCUT2D eigenvalue weighted by molar-refractivity contribution is -0.229. The van der Waals surface area contributed by atoms with Gasteiger partial charge in [0.2, 0.25) is 5.78 Å². The van der Waals surface area contributed by atoms with Crippen LogP contribution in [0.4, 0.5) is 0 Å². The lowest BCUT2D eigenvalue weighted by atomic mass is 9.86. The van der Waals surface area contributed by atoms with E-state index in [1.165, 1.54) is 0 Å². The molecule has 0 aromatic heterocycles. The average molecular weight is 615 g/mol. The highest BCUT2D eigenvalue weighted by Gasteiger charge is 2.44. The number of carbonyl (C=O) groups excluding carboxylic acids is 3. The second-order valence-electron chi connectivity index (χ2n) is 9.16. The Hall–Kier alpha value is -3.71. The molecule has 11 heteroatoms. The Morgan fingerprint density at radius 3 is 1.66 bits per heavy atom. The minimum absolute atomic E-state index is 0.0917. The number of benzene rings is 2. The average Bonchev–Trinajstić information content (AvgIpc) is 3.05. The lowest BCUT2D eigenvalue weighted by Crippen LogP contribution is -2.47. The normalized spacial score (nSPS) is 13.7. The van der Waals surface area contributed by atoms with E-state index in [1.54, 1.807) is 50.2 Å². The summed E-state index contributed by atoms with van der Waals surface area (Å²) in [6.07, 6.45) is 0.609. The molecule has 0 amide bonds. The van der Waals surface area contributed by atoms with Crippen molar-refractivity contribution in [3.05, 3.63) is 97.1 Å². The topological polar surface area (TPSA) is 125 Å². The molecule has 0 N–H and O–H groups in total. The fraction of sp³-hybridized carbons (Fsp3) is 0.424. The molecule has 2 aromatic carbocycles. The molecule has 3 unspecified atom stereocenters. The van der Waals surface area contributed by atoms with Gasteiger partial charge in [-0.15, -0.1) is 0 Å². The van der Waals surface area contributed by atoms with Crippen molar-refractivity contribution >= 4 is 17.7 Å². The first-order valence-electron chi connectivity index (χ1n) is 14.2. The van der Waals surface area contributed by atoms with Gasteiger partial charge < -0.3 is 37.9 Å². The number of rotatable bonds is 24. The van der Waals surface area contributed by atoms with E-state index in [1.807, 2.05) is 24.3 Å². The van der Waals surface area contributed by atoms with E-state index in [2.05, 4.69) is 13.2 Å². The van der Waals surface area contributed by atoms with Crippen molar-refractivity contribution in [3.63, 3.8) is 0 Å². The third-order valence-electron chi connectivity index (χ3n) is 5.97. The Labute approximate surface area is 258 Å². The lowest BCUT2D eigenvalue weighted by Gasteiger charge is -2.36. The van der Waals surface area contributed by atoms with Crippen LogP contribution in [0.3, 0.4) is 0 Å². The maximum absolute atomic E-state index is 14.1. The van der Waals surface area contributed by atoms with E-state index in [0.717, 1.165) is 12.2 Å². The molecule has 0 bridgehead atoms. The van der Waals surface area contributed by atoms with Crippen LogP contribution in [-0.4, -0.2) is 89.8 Å². The van der Waals surface area contributed by atoms with Crippen LogP contribution >= 0.6 is 0 Å². The number of esters is 2. The van der Waals surface area contributed by atoms with Crippen molar-refractivity contribution in [1.82, 2.24) is 0 Å². The molecule has 0 heterocycles. The minimum atomic E-state index is -1.58. The molecule has 240 valence electrons. The molecule has 0 aliphatic heterocycles. The maximum Gasteiger partial charge on any atom is 0.330 e. The first kappa shape index (κ1) is 36.5. The summed E-state index contributed by atoms with van der Waals surface area (Å²) in [6.45, 7) is 11.3. The highest BCUT2D eigenvalue weighted by Crippen LogP contribution is 2.33. The molecule has 0 saturated carbocycles. The third kappa shape index (κ3) is 13.3. The first-order chi connectivity index (χ1) is 21.3. The zero-order valence-corrected chi connectivity index (χ0v) is 25.4. The Morgan fingerprint density at radius 1 is 0.659 bits per heavy atom. The second-order valence-corrected chi connectivity index (χ2v) is 9.16. The van der Waals surface area contributed by atoms with Crippen molar-refractivity contribution in [3.8, 4) is 0 Å². The van der Waals surface area contributed by atoms with E-state index in [4.69, 9.17) is 37.9 Å². The van der Waals surface area contributed by atoms with Crippen molar-refractivity contribution in [2.45, 2.75) is 32.0 Å². The van der Waals surface area contributed by atoms with Gasteiger partial charge in [-0.25, -0.2) is 9.59 Å². The van der Waals surface area contributed by atoms with Gasteiger partial charge in [-0.2, -0.15) is 0 Å². The monoisotopic (exact) mass is 614 g/mol. The highest BCUT2D eigenvalue weighted by molar-refractivity contribution is 6.03. The Balaban J connectivity index is 2.05. The van der Waals surface area contributed by atoms with Crippen LogP contribution in [0.1, 0.15) is 29.8 Å². The summed E-state index contributed by atoms with van der Waals surface area (Å²) >= 11 is 0. The van der Waals surface area contributed by atoms with Gasteiger partial charge in [0.25, 0.3) is 0 Å². The quantitative estimate of drug-likeness (QED) is 0.0560. The van der Waals surface area contributed by atoms with Crippen LogP contribution < -0.4 is 0 Å². The van der Waals surface area contributed by atoms with E-state index in [9.17, 15) is 14.4 Å². The molecule has 44 heavy (non-hydrogen) atoms. The molecule has 0 radical (unpaired) electrons. The van der Waals surface area contributed by atoms with Crippen LogP contribution in [-0.2, 0) is 53.1 Å². The fourth-order valence-electron chi connectivity index (χ4n) is 3.84. The van der Waals surface area contributed by atoms with Gasteiger partial charge in [-0.05, 0) is 19.4 Å². The van der Waals surface area contributed by atoms with Gasteiger partial charge in [-0.1, -0.05) is 73.8 Å². The van der Waals surface area contributed by atoms with Crippen LogP contribution in [0.5, 0.6) is 0 Å². The number of hydrogen-bond acceptors (Lipinski definition) is 11. The van der Waals surface area contributed by atoms with Crippen molar-refractivity contribution in [2.75, 3.05) is 59.5 Å². The molecule has 0 spiro atoms. The molecule has 3 atom stereocenters. The molecule has 0 fully saturated rings. The molecule has 0 saturated heterocycles. The largest absolute Gasteiger partial charge is 0.460 e. The summed E-state index contributed by atoms with van der Waals surface area (Å²) in [7, 11) is 0. The molecule has 2 aromatic rings. The Morgan fingerprint density at radius 2 is 1.14 bits per heavy atom.